The summed E-state index contributed by atoms with van der Waals surface area (Å²) in [4.78, 5) is 8.69. The minimum absolute atomic E-state index is 0.0595. The lowest BCUT2D eigenvalue weighted by molar-refractivity contribution is -0.274. The van der Waals surface area contributed by atoms with E-state index in [2.05, 4.69) is 25.3 Å². The van der Waals surface area contributed by atoms with Crippen molar-refractivity contribution >= 4 is 29.1 Å². The first-order valence-corrected chi connectivity index (χ1v) is 8.28. The number of rotatable bonds is 7. The van der Waals surface area contributed by atoms with Crippen molar-refractivity contribution in [2.24, 2.45) is 0 Å². The highest BCUT2D eigenvalue weighted by molar-refractivity contribution is 6.32. The number of anilines is 3. The average molecular weight is 389 g/mol. The summed E-state index contributed by atoms with van der Waals surface area (Å²) >= 11 is 5.86. The summed E-state index contributed by atoms with van der Waals surface area (Å²) in [6.07, 6.45) is -2.71. The first kappa shape index (κ1) is 18.5. The summed E-state index contributed by atoms with van der Waals surface area (Å²) < 4.78 is 40.7. The molecule has 1 saturated carbocycles. The third kappa shape index (κ3) is 5.12. The molecule has 10 heteroatoms. The van der Waals surface area contributed by atoms with Gasteiger partial charge in [-0.05, 0) is 31.0 Å². The van der Waals surface area contributed by atoms with Gasteiger partial charge >= 0.3 is 6.36 Å². The number of benzene rings is 1. The van der Waals surface area contributed by atoms with Gasteiger partial charge in [-0.2, -0.15) is 4.98 Å². The van der Waals surface area contributed by atoms with E-state index in [4.69, 9.17) is 16.7 Å². The van der Waals surface area contributed by atoms with Gasteiger partial charge < -0.3 is 20.5 Å². The fourth-order valence-electron chi connectivity index (χ4n) is 2.30. The van der Waals surface area contributed by atoms with Crippen molar-refractivity contribution in [3.05, 3.63) is 35.0 Å². The quantitative estimate of drug-likeness (QED) is 0.664. The Morgan fingerprint density at radius 1 is 1.23 bits per heavy atom. The van der Waals surface area contributed by atoms with E-state index < -0.39 is 12.1 Å². The van der Waals surface area contributed by atoms with Crippen LogP contribution in [0.4, 0.5) is 30.6 Å². The topological polar surface area (TPSA) is 79.3 Å². The number of nitrogens with one attached hydrogen (secondary N) is 2. The molecule has 0 aliphatic heterocycles. The van der Waals surface area contributed by atoms with Crippen LogP contribution in [0, 0.1) is 0 Å². The number of aliphatic hydroxyl groups excluding tert-OH is 1. The molecule has 6 nitrogen and oxygen atoms in total. The Labute approximate surface area is 152 Å². The third-order valence-electron chi connectivity index (χ3n) is 3.57. The van der Waals surface area contributed by atoms with Gasteiger partial charge in [-0.15, -0.1) is 13.2 Å². The largest absolute Gasteiger partial charge is 0.573 e. The van der Waals surface area contributed by atoms with Gasteiger partial charge in [-0.3, -0.25) is 0 Å². The van der Waals surface area contributed by atoms with Gasteiger partial charge in [0.25, 0.3) is 0 Å². The van der Waals surface area contributed by atoms with Crippen molar-refractivity contribution < 1.29 is 23.0 Å². The Bertz CT molecular complexity index is 785. The van der Waals surface area contributed by atoms with Crippen molar-refractivity contribution in [3.8, 4) is 5.75 Å². The molecule has 0 amide bonds. The van der Waals surface area contributed by atoms with Gasteiger partial charge in [0.2, 0.25) is 5.95 Å². The van der Waals surface area contributed by atoms with Gasteiger partial charge in [0.05, 0.1) is 17.3 Å². The molecule has 0 bridgehead atoms. The van der Waals surface area contributed by atoms with Crippen LogP contribution in [0.1, 0.15) is 24.5 Å². The fraction of sp³-hybridized carbons (Fsp3) is 0.375. The minimum atomic E-state index is -4.81. The molecule has 0 spiro atoms. The summed E-state index contributed by atoms with van der Waals surface area (Å²) in [7, 11) is 0. The van der Waals surface area contributed by atoms with Gasteiger partial charge in [-0.1, -0.05) is 11.6 Å². The summed E-state index contributed by atoms with van der Waals surface area (Å²) in [5.74, 6) is 0.743. The second-order valence-electron chi connectivity index (χ2n) is 5.74. The molecular weight excluding hydrogens is 373 g/mol. The van der Waals surface area contributed by atoms with Crippen molar-refractivity contribution in [1.29, 1.82) is 0 Å². The molecule has 140 valence electrons. The highest BCUT2D eigenvalue weighted by Crippen LogP contribution is 2.40. The third-order valence-corrected chi connectivity index (χ3v) is 3.86. The van der Waals surface area contributed by atoms with Crippen molar-refractivity contribution in [2.75, 3.05) is 23.8 Å². The van der Waals surface area contributed by atoms with Crippen molar-refractivity contribution in [3.63, 3.8) is 0 Å². The normalized spacial score (nSPS) is 14.2. The molecule has 2 aromatic rings. The number of aromatic nitrogens is 2. The van der Waals surface area contributed by atoms with Crippen molar-refractivity contribution in [1.82, 2.24) is 9.97 Å². The van der Waals surface area contributed by atoms with Crippen molar-refractivity contribution in [2.45, 2.75) is 25.1 Å². The summed E-state index contributed by atoms with van der Waals surface area (Å²) in [6, 6.07) is 5.65. The number of hydrogen-bond acceptors (Lipinski definition) is 6. The maximum Gasteiger partial charge on any atom is 0.573 e. The highest BCUT2D eigenvalue weighted by atomic mass is 35.5. The van der Waals surface area contributed by atoms with Crippen LogP contribution in [-0.4, -0.2) is 34.6 Å². The first-order valence-electron chi connectivity index (χ1n) is 7.90. The molecule has 1 aromatic heterocycles. The molecule has 1 aromatic carbocycles. The second kappa shape index (κ2) is 7.55. The first-order chi connectivity index (χ1) is 12.3. The zero-order valence-electron chi connectivity index (χ0n) is 13.5. The monoisotopic (exact) mass is 388 g/mol. The molecule has 1 aliphatic carbocycles. The lowest BCUT2D eigenvalue weighted by atomic mass is 10.2. The van der Waals surface area contributed by atoms with E-state index in [1.807, 2.05) is 0 Å². The van der Waals surface area contributed by atoms with E-state index in [1.54, 1.807) is 6.07 Å². The maximum atomic E-state index is 12.3. The number of ether oxygens (including phenoxy) is 1. The Morgan fingerprint density at radius 3 is 2.62 bits per heavy atom. The molecule has 0 radical (unpaired) electrons. The number of alkyl halides is 3. The Balaban J connectivity index is 1.79. The number of hydrogen-bond donors (Lipinski definition) is 3. The van der Waals surface area contributed by atoms with Gasteiger partial charge in [-0.25, -0.2) is 4.98 Å². The minimum Gasteiger partial charge on any atom is -0.404 e. The van der Waals surface area contributed by atoms with Crippen LogP contribution in [0.25, 0.3) is 0 Å². The maximum absolute atomic E-state index is 12.3. The van der Waals surface area contributed by atoms with E-state index in [0.717, 1.165) is 24.6 Å². The predicted molar refractivity (Wildman–Crippen MR) is 91.0 cm³/mol. The van der Waals surface area contributed by atoms with Crippen LogP contribution >= 0.6 is 11.6 Å². The molecule has 3 N–H and O–H groups in total. The molecule has 26 heavy (non-hydrogen) atoms. The SMILES string of the molecule is OCCNc1nc(Nc2ccc(OC(F)(F)F)c(Cl)c2)cc(C2CC2)n1. The van der Waals surface area contributed by atoms with Gasteiger partial charge in [0, 0.05) is 24.2 Å². The van der Waals surface area contributed by atoms with E-state index in [9.17, 15) is 13.2 Å². The number of aliphatic hydroxyl groups is 1. The number of nitrogens with zero attached hydrogens (tertiary/aromatic N) is 2. The molecule has 0 atom stereocenters. The lowest BCUT2D eigenvalue weighted by Crippen LogP contribution is -2.17. The summed E-state index contributed by atoms with van der Waals surface area (Å²) in [6.45, 7) is 0.249. The molecular formula is C16H16ClF3N4O2. The number of halogens is 4. The second-order valence-corrected chi connectivity index (χ2v) is 6.15. The van der Waals surface area contributed by atoms with Crippen LogP contribution < -0.4 is 15.4 Å². The Hall–Kier alpha value is -2.26. The molecule has 1 aliphatic rings. The van der Waals surface area contributed by atoms with Crippen LogP contribution in [0.15, 0.2) is 24.3 Å². The Morgan fingerprint density at radius 2 is 2.00 bits per heavy atom. The molecule has 0 unspecified atom stereocenters. The van der Waals surface area contributed by atoms with Crippen LogP contribution in [0.5, 0.6) is 5.75 Å². The van der Waals surface area contributed by atoms with E-state index in [-0.39, 0.29) is 11.6 Å². The standard InChI is InChI=1S/C16H16ClF3N4O2/c17-11-7-10(3-4-13(11)26-16(18,19)20)22-14-8-12(9-1-2-9)23-15(24-14)21-5-6-25/h3-4,7-9,25H,1-2,5-6H2,(H2,21,22,23,24). The summed E-state index contributed by atoms with van der Waals surface area (Å²) in [5.41, 5.74) is 1.32. The van der Waals surface area contributed by atoms with Crippen LogP contribution in [0.2, 0.25) is 5.02 Å². The zero-order valence-corrected chi connectivity index (χ0v) is 14.2. The molecule has 3 rings (SSSR count). The average Bonchev–Trinajstić information content (AvgIpc) is 3.39. The zero-order chi connectivity index (χ0) is 18.7. The highest BCUT2D eigenvalue weighted by Gasteiger charge is 2.32. The molecule has 1 fully saturated rings. The smallest absolute Gasteiger partial charge is 0.404 e. The van der Waals surface area contributed by atoms with E-state index in [1.165, 1.54) is 12.1 Å². The van der Waals surface area contributed by atoms with E-state index >= 15 is 0 Å². The van der Waals surface area contributed by atoms with Gasteiger partial charge in [0.15, 0.2) is 0 Å². The lowest BCUT2D eigenvalue weighted by Gasteiger charge is -2.13. The fourth-order valence-corrected chi connectivity index (χ4v) is 2.52. The molecule has 1 heterocycles. The van der Waals surface area contributed by atoms with Gasteiger partial charge in [0.1, 0.15) is 11.6 Å². The van der Waals surface area contributed by atoms with E-state index in [0.29, 0.717) is 29.9 Å². The van der Waals surface area contributed by atoms with Crippen LogP contribution in [0.3, 0.4) is 0 Å². The predicted octanol–water partition coefficient (Wildman–Crippen LogP) is 4.05. The summed E-state index contributed by atoms with van der Waals surface area (Å²) in [5, 5.41) is 14.6. The van der Waals surface area contributed by atoms with Crippen LogP contribution in [-0.2, 0) is 0 Å². The molecule has 0 saturated heterocycles. The Kier molecular flexibility index (Phi) is 5.38.